The van der Waals surface area contributed by atoms with E-state index in [-0.39, 0.29) is 5.90 Å². The number of hydrogen-bond acceptors (Lipinski definition) is 8. The normalized spacial score (nSPS) is 35.0. The van der Waals surface area contributed by atoms with Crippen molar-refractivity contribution in [2.24, 2.45) is 22.7 Å². The third kappa shape index (κ3) is 2.51. The van der Waals surface area contributed by atoms with E-state index in [1.54, 1.807) is 18.2 Å². The largest absolute Gasteiger partial charge is 0.497 e. The molecule has 31 heavy (non-hydrogen) atoms. The van der Waals surface area contributed by atoms with Crippen LogP contribution in [0.1, 0.15) is 44.3 Å². The first-order chi connectivity index (χ1) is 14.9. The van der Waals surface area contributed by atoms with Crippen LogP contribution in [0.15, 0.2) is 18.2 Å². The standard InChI is InChI=1S/C23H24N4O4/c1-4-14-5-6-23-18(7-14)22(13-26,20(27)31-23)21(11-24,12-25)19(30-23)15-8-16(28-2)10-17(9-15)29-3/h8-10,14,18-19,27H,4-7H2,1-3H3. The zero-order chi connectivity index (χ0) is 22.4. The highest BCUT2D eigenvalue weighted by atomic mass is 16.7. The number of nitriles is 3. The first kappa shape index (κ1) is 21.0. The lowest BCUT2D eigenvalue weighted by Crippen LogP contribution is -2.61. The molecule has 1 aromatic rings. The Kier molecular flexibility index (Phi) is 4.84. The smallest absolute Gasteiger partial charge is 0.217 e. The van der Waals surface area contributed by atoms with E-state index >= 15 is 0 Å². The third-order valence-electron chi connectivity index (χ3n) is 7.27. The Morgan fingerprint density at radius 3 is 2.26 bits per heavy atom. The number of ether oxygens (including phenoxy) is 4. The van der Waals surface area contributed by atoms with Crippen molar-refractivity contribution >= 4 is 5.90 Å². The van der Waals surface area contributed by atoms with Crippen molar-refractivity contribution < 1.29 is 18.9 Å². The maximum atomic E-state index is 10.4. The zero-order valence-electron chi connectivity index (χ0n) is 17.8. The molecule has 1 N–H and O–H groups in total. The summed E-state index contributed by atoms with van der Waals surface area (Å²) in [6.45, 7) is 2.08. The molecule has 1 aliphatic carbocycles. The number of rotatable bonds is 4. The minimum atomic E-state index is -1.98. The highest BCUT2D eigenvalue weighted by Crippen LogP contribution is 2.70. The Morgan fingerprint density at radius 2 is 1.74 bits per heavy atom. The summed E-state index contributed by atoms with van der Waals surface area (Å²) in [5.41, 5.74) is -3.24. The Bertz CT molecular complexity index is 1010. The van der Waals surface area contributed by atoms with Crippen LogP contribution in [-0.4, -0.2) is 25.9 Å². The van der Waals surface area contributed by atoms with E-state index in [2.05, 4.69) is 25.1 Å². The van der Waals surface area contributed by atoms with Gasteiger partial charge < -0.3 is 18.9 Å². The van der Waals surface area contributed by atoms with E-state index in [0.717, 1.165) is 12.8 Å². The van der Waals surface area contributed by atoms with Gasteiger partial charge in [-0.1, -0.05) is 13.3 Å². The molecule has 3 aliphatic rings. The van der Waals surface area contributed by atoms with Gasteiger partial charge in [-0.3, -0.25) is 5.41 Å². The molecule has 3 fully saturated rings. The number of nitrogens with zero attached hydrogens (tertiary/aromatic N) is 3. The molecule has 160 valence electrons. The summed E-state index contributed by atoms with van der Waals surface area (Å²) >= 11 is 0. The summed E-state index contributed by atoms with van der Waals surface area (Å²) in [6.07, 6.45) is 1.66. The number of hydrogen-bond donors (Lipinski definition) is 1. The van der Waals surface area contributed by atoms with Crippen molar-refractivity contribution in [1.29, 1.82) is 21.2 Å². The van der Waals surface area contributed by atoms with Gasteiger partial charge in [0.25, 0.3) is 0 Å². The van der Waals surface area contributed by atoms with Crippen molar-refractivity contribution in [1.82, 2.24) is 0 Å². The molecule has 1 saturated carbocycles. The predicted octanol–water partition coefficient (Wildman–Crippen LogP) is 3.85. The molecule has 5 atom stereocenters. The van der Waals surface area contributed by atoms with Gasteiger partial charge in [-0.2, -0.15) is 15.8 Å². The molecule has 0 radical (unpaired) electrons. The van der Waals surface area contributed by atoms with Crippen LogP contribution in [0, 0.1) is 62.1 Å². The van der Waals surface area contributed by atoms with Gasteiger partial charge in [-0.25, -0.2) is 0 Å². The first-order valence-corrected chi connectivity index (χ1v) is 10.3. The second kappa shape index (κ2) is 7.15. The molecular weight excluding hydrogens is 396 g/mol. The van der Waals surface area contributed by atoms with E-state index in [9.17, 15) is 15.8 Å². The van der Waals surface area contributed by atoms with Crippen LogP contribution in [0.4, 0.5) is 0 Å². The molecule has 2 heterocycles. The predicted molar refractivity (Wildman–Crippen MR) is 108 cm³/mol. The molecule has 4 rings (SSSR count). The summed E-state index contributed by atoms with van der Waals surface area (Å²) in [5.74, 6) is -0.891. The van der Waals surface area contributed by atoms with E-state index in [1.807, 2.05) is 0 Å². The van der Waals surface area contributed by atoms with E-state index < -0.39 is 28.6 Å². The summed E-state index contributed by atoms with van der Waals surface area (Å²) in [7, 11) is 3.00. The van der Waals surface area contributed by atoms with Crippen molar-refractivity contribution in [3.8, 4) is 29.7 Å². The fourth-order valence-corrected chi connectivity index (χ4v) is 5.57. The van der Waals surface area contributed by atoms with Gasteiger partial charge in [0.2, 0.25) is 17.1 Å². The molecule has 8 nitrogen and oxygen atoms in total. The number of nitrogens with one attached hydrogen (secondary N) is 1. The molecule has 0 aromatic heterocycles. The van der Waals surface area contributed by atoms with Crippen molar-refractivity contribution in [2.75, 3.05) is 14.2 Å². The average Bonchev–Trinajstić information content (AvgIpc) is 3.01. The maximum Gasteiger partial charge on any atom is 0.217 e. The molecule has 1 aromatic carbocycles. The summed E-state index contributed by atoms with van der Waals surface area (Å²) in [5, 5.41) is 39.8. The highest BCUT2D eigenvalue weighted by Gasteiger charge is 2.80. The van der Waals surface area contributed by atoms with Gasteiger partial charge in [0.05, 0.1) is 38.3 Å². The van der Waals surface area contributed by atoms with Gasteiger partial charge in [0.1, 0.15) is 17.6 Å². The fraction of sp³-hybridized carbons (Fsp3) is 0.565. The lowest BCUT2D eigenvalue weighted by atomic mass is 9.50. The van der Waals surface area contributed by atoms with Gasteiger partial charge >= 0.3 is 0 Å². The van der Waals surface area contributed by atoms with Gasteiger partial charge in [-0.15, -0.1) is 0 Å². The third-order valence-corrected chi connectivity index (χ3v) is 7.27. The van der Waals surface area contributed by atoms with Gasteiger partial charge in [0.15, 0.2) is 5.41 Å². The van der Waals surface area contributed by atoms with Gasteiger partial charge in [-0.05, 0) is 36.5 Å². The Hall–Kier alpha value is -3.28. The van der Waals surface area contributed by atoms with Gasteiger partial charge in [0, 0.05) is 12.5 Å². The summed E-state index contributed by atoms with van der Waals surface area (Å²) < 4.78 is 23.2. The van der Waals surface area contributed by atoms with Crippen LogP contribution in [0.2, 0.25) is 0 Å². The molecule has 0 spiro atoms. The molecular formula is C23H24N4O4. The minimum Gasteiger partial charge on any atom is -0.497 e. The van der Waals surface area contributed by atoms with Crippen LogP contribution in [0.3, 0.4) is 0 Å². The van der Waals surface area contributed by atoms with Crippen molar-refractivity contribution in [3.05, 3.63) is 23.8 Å². The van der Waals surface area contributed by atoms with E-state index in [1.165, 1.54) is 14.2 Å². The minimum absolute atomic E-state index is 0.312. The Balaban J connectivity index is 1.97. The summed E-state index contributed by atoms with van der Waals surface area (Å²) in [6, 6.07) is 11.4. The quantitative estimate of drug-likeness (QED) is 0.782. The topological polar surface area (TPSA) is 132 Å². The maximum absolute atomic E-state index is 10.4. The van der Waals surface area contributed by atoms with Crippen LogP contribution >= 0.6 is 0 Å². The van der Waals surface area contributed by atoms with E-state index in [4.69, 9.17) is 24.4 Å². The SMILES string of the molecule is CCC1CCC23OC(=N)C(C#N)(C2C1)C(C#N)(C#N)C(c1cc(OC)cc(OC)c1)O3. The number of methoxy groups -OCH3 is 2. The van der Waals surface area contributed by atoms with Crippen LogP contribution in [0.25, 0.3) is 0 Å². The molecule has 2 bridgehead atoms. The first-order valence-electron chi connectivity index (χ1n) is 10.3. The molecule has 8 heteroatoms. The highest BCUT2D eigenvalue weighted by molar-refractivity contribution is 5.89. The van der Waals surface area contributed by atoms with Crippen LogP contribution in [-0.2, 0) is 9.47 Å². The molecule has 2 saturated heterocycles. The molecule has 0 amide bonds. The fourth-order valence-electron chi connectivity index (χ4n) is 5.57. The Morgan fingerprint density at radius 1 is 1.10 bits per heavy atom. The van der Waals surface area contributed by atoms with Crippen molar-refractivity contribution in [3.63, 3.8) is 0 Å². The van der Waals surface area contributed by atoms with Crippen LogP contribution < -0.4 is 9.47 Å². The molecule has 5 unspecified atom stereocenters. The zero-order valence-corrected chi connectivity index (χ0v) is 17.8. The lowest BCUT2D eigenvalue weighted by Gasteiger charge is -2.52. The average molecular weight is 420 g/mol. The van der Waals surface area contributed by atoms with E-state index in [0.29, 0.717) is 35.8 Å². The monoisotopic (exact) mass is 420 g/mol. The second-order valence-electron chi connectivity index (χ2n) is 8.44. The van der Waals surface area contributed by atoms with Crippen molar-refractivity contribution in [2.45, 2.75) is 44.5 Å². The number of benzene rings is 1. The lowest BCUT2D eigenvalue weighted by molar-refractivity contribution is -0.299. The molecule has 2 aliphatic heterocycles. The second-order valence-corrected chi connectivity index (χ2v) is 8.44. The van der Waals surface area contributed by atoms with Crippen LogP contribution in [0.5, 0.6) is 11.5 Å². The summed E-state index contributed by atoms with van der Waals surface area (Å²) in [4.78, 5) is 0. The Labute approximate surface area is 181 Å².